The molecule has 0 radical (unpaired) electrons. The summed E-state index contributed by atoms with van der Waals surface area (Å²) in [6, 6.07) is 11.9. The highest BCUT2D eigenvalue weighted by atomic mass is 16.5. The number of hydrogen-bond donors (Lipinski definition) is 2. The Morgan fingerprint density at radius 2 is 2.00 bits per heavy atom. The van der Waals surface area contributed by atoms with Gasteiger partial charge in [0.15, 0.2) is 5.96 Å². The predicted octanol–water partition coefficient (Wildman–Crippen LogP) is 3.39. The molecule has 0 aliphatic carbocycles. The minimum Gasteiger partial charge on any atom is -0.494 e. The van der Waals surface area contributed by atoms with Crippen LogP contribution in [0.4, 0.5) is 5.69 Å². The highest BCUT2D eigenvalue weighted by Gasteiger charge is 2.12. The van der Waals surface area contributed by atoms with E-state index in [2.05, 4.69) is 22.4 Å². The smallest absolute Gasteiger partial charge is 0.193 e. The Morgan fingerprint density at radius 3 is 2.81 bits per heavy atom. The number of nitrogens with zero attached hydrogens (tertiary/aromatic N) is 1. The molecular formula is C21H27N3O3. The number of rotatable bonds is 8. The van der Waals surface area contributed by atoms with Crippen LogP contribution in [0.2, 0.25) is 0 Å². The number of ether oxygens (including phenoxy) is 3. The standard InChI is InChI=1S/C21H27N3O3/c1-3-25-17-6-8-20(26-4-2)18(14-17)24-21(22)23-11-9-15-5-7-19-16(13-15)10-12-27-19/h5-8,13-14H,3-4,9-12H2,1-2H3,(H3,22,23,24). The van der Waals surface area contributed by atoms with Crippen LogP contribution >= 0.6 is 0 Å². The molecule has 27 heavy (non-hydrogen) atoms. The summed E-state index contributed by atoms with van der Waals surface area (Å²) >= 11 is 0. The van der Waals surface area contributed by atoms with Crippen molar-refractivity contribution < 1.29 is 14.2 Å². The summed E-state index contributed by atoms with van der Waals surface area (Å²) in [6.07, 6.45) is 1.81. The quantitative estimate of drug-likeness (QED) is 0.551. The van der Waals surface area contributed by atoms with Crippen LogP contribution in [-0.2, 0) is 12.8 Å². The molecule has 6 nitrogen and oxygen atoms in total. The number of guanidine groups is 1. The molecule has 2 aromatic rings. The van der Waals surface area contributed by atoms with E-state index in [1.807, 2.05) is 38.1 Å². The number of anilines is 1. The van der Waals surface area contributed by atoms with Crippen LogP contribution in [0.25, 0.3) is 0 Å². The molecule has 1 aliphatic heterocycles. The Morgan fingerprint density at radius 1 is 1.15 bits per heavy atom. The van der Waals surface area contributed by atoms with Gasteiger partial charge in [0.05, 0.1) is 25.5 Å². The second-order valence-corrected chi connectivity index (χ2v) is 6.21. The van der Waals surface area contributed by atoms with E-state index >= 15 is 0 Å². The number of fused-ring (bicyclic) bond motifs is 1. The van der Waals surface area contributed by atoms with Gasteiger partial charge in [0, 0.05) is 19.0 Å². The lowest BCUT2D eigenvalue weighted by molar-refractivity contribution is 0.332. The zero-order chi connectivity index (χ0) is 19.1. The number of hydrogen-bond acceptors (Lipinski definition) is 4. The molecule has 3 rings (SSSR count). The SMILES string of the molecule is CCOc1ccc(OCC)c(NC(N)=NCCc2ccc3c(c2)CCO3)c1. The highest BCUT2D eigenvalue weighted by molar-refractivity contribution is 5.94. The Bertz CT molecular complexity index is 805. The van der Waals surface area contributed by atoms with Gasteiger partial charge in [0.25, 0.3) is 0 Å². The van der Waals surface area contributed by atoms with Crippen LogP contribution in [0.3, 0.4) is 0 Å². The number of benzene rings is 2. The summed E-state index contributed by atoms with van der Waals surface area (Å²) in [7, 11) is 0. The van der Waals surface area contributed by atoms with Crippen molar-refractivity contribution in [2.24, 2.45) is 10.7 Å². The Balaban J connectivity index is 1.62. The van der Waals surface area contributed by atoms with Crippen molar-refractivity contribution in [2.45, 2.75) is 26.7 Å². The van der Waals surface area contributed by atoms with E-state index in [4.69, 9.17) is 19.9 Å². The molecule has 0 atom stereocenters. The molecule has 0 saturated heterocycles. The molecule has 0 saturated carbocycles. The molecule has 0 spiro atoms. The monoisotopic (exact) mass is 369 g/mol. The molecular weight excluding hydrogens is 342 g/mol. The number of aliphatic imine (C=N–C) groups is 1. The third kappa shape index (κ3) is 5.06. The van der Waals surface area contributed by atoms with Gasteiger partial charge in [0.1, 0.15) is 17.2 Å². The maximum atomic E-state index is 6.07. The molecule has 6 heteroatoms. The van der Waals surface area contributed by atoms with Gasteiger partial charge in [-0.1, -0.05) is 12.1 Å². The van der Waals surface area contributed by atoms with Crippen LogP contribution < -0.4 is 25.3 Å². The maximum Gasteiger partial charge on any atom is 0.193 e. The van der Waals surface area contributed by atoms with Crippen LogP contribution in [0.5, 0.6) is 17.2 Å². The molecule has 0 amide bonds. The molecule has 144 valence electrons. The van der Waals surface area contributed by atoms with Crippen molar-refractivity contribution in [3.05, 3.63) is 47.5 Å². The topological polar surface area (TPSA) is 78.1 Å². The summed E-state index contributed by atoms with van der Waals surface area (Å²) in [5.74, 6) is 2.84. The van der Waals surface area contributed by atoms with Gasteiger partial charge < -0.3 is 25.3 Å². The van der Waals surface area contributed by atoms with Crippen LogP contribution in [0.15, 0.2) is 41.4 Å². The number of nitrogens with two attached hydrogens (primary N) is 1. The van der Waals surface area contributed by atoms with Crippen molar-refractivity contribution in [1.29, 1.82) is 0 Å². The number of nitrogens with one attached hydrogen (secondary N) is 1. The van der Waals surface area contributed by atoms with E-state index in [0.717, 1.165) is 42.4 Å². The molecule has 0 bridgehead atoms. The van der Waals surface area contributed by atoms with Gasteiger partial charge in [-0.05, 0) is 49.6 Å². The van der Waals surface area contributed by atoms with Crippen LogP contribution in [-0.4, -0.2) is 32.3 Å². The summed E-state index contributed by atoms with van der Waals surface area (Å²) in [6.45, 7) is 6.44. The lowest BCUT2D eigenvalue weighted by atomic mass is 10.1. The lowest BCUT2D eigenvalue weighted by Gasteiger charge is -2.14. The first-order chi connectivity index (χ1) is 13.2. The third-order valence-corrected chi connectivity index (χ3v) is 4.26. The molecule has 0 unspecified atom stereocenters. The van der Waals surface area contributed by atoms with Gasteiger partial charge in [0.2, 0.25) is 0 Å². The van der Waals surface area contributed by atoms with Crippen molar-refractivity contribution in [1.82, 2.24) is 0 Å². The van der Waals surface area contributed by atoms with E-state index in [9.17, 15) is 0 Å². The zero-order valence-electron chi connectivity index (χ0n) is 16.0. The van der Waals surface area contributed by atoms with Crippen molar-refractivity contribution in [3.8, 4) is 17.2 Å². The van der Waals surface area contributed by atoms with Crippen LogP contribution in [0, 0.1) is 0 Å². The molecule has 3 N–H and O–H groups in total. The van der Waals surface area contributed by atoms with E-state index in [-0.39, 0.29) is 0 Å². The lowest BCUT2D eigenvalue weighted by Crippen LogP contribution is -2.23. The summed E-state index contributed by atoms with van der Waals surface area (Å²) in [5, 5.41) is 3.12. The van der Waals surface area contributed by atoms with Crippen LogP contribution in [0.1, 0.15) is 25.0 Å². The second kappa shape index (κ2) is 9.16. The van der Waals surface area contributed by atoms with Gasteiger partial charge in [-0.25, -0.2) is 0 Å². The van der Waals surface area contributed by atoms with E-state index in [1.165, 1.54) is 11.1 Å². The Kier molecular flexibility index (Phi) is 6.41. The maximum absolute atomic E-state index is 6.07. The summed E-state index contributed by atoms with van der Waals surface area (Å²) in [4.78, 5) is 4.44. The predicted molar refractivity (Wildman–Crippen MR) is 108 cm³/mol. The van der Waals surface area contributed by atoms with E-state index in [1.54, 1.807) is 0 Å². The molecule has 0 fully saturated rings. The first kappa shape index (κ1) is 18.9. The zero-order valence-corrected chi connectivity index (χ0v) is 16.0. The molecule has 1 heterocycles. The summed E-state index contributed by atoms with van der Waals surface area (Å²) in [5.41, 5.74) is 9.34. The van der Waals surface area contributed by atoms with Crippen molar-refractivity contribution >= 4 is 11.6 Å². The minimum absolute atomic E-state index is 0.356. The third-order valence-electron chi connectivity index (χ3n) is 4.26. The fraction of sp³-hybridized carbons (Fsp3) is 0.381. The van der Waals surface area contributed by atoms with E-state index in [0.29, 0.717) is 25.7 Å². The van der Waals surface area contributed by atoms with Gasteiger partial charge in [-0.2, -0.15) is 0 Å². The van der Waals surface area contributed by atoms with Gasteiger partial charge >= 0.3 is 0 Å². The first-order valence-corrected chi connectivity index (χ1v) is 9.40. The average Bonchev–Trinajstić information content (AvgIpc) is 3.12. The summed E-state index contributed by atoms with van der Waals surface area (Å²) < 4.78 is 16.7. The van der Waals surface area contributed by atoms with Crippen molar-refractivity contribution in [3.63, 3.8) is 0 Å². The van der Waals surface area contributed by atoms with E-state index < -0.39 is 0 Å². The Labute approximate surface area is 160 Å². The fourth-order valence-electron chi connectivity index (χ4n) is 3.02. The highest BCUT2D eigenvalue weighted by Crippen LogP contribution is 2.29. The minimum atomic E-state index is 0.356. The van der Waals surface area contributed by atoms with Gasteiger partial charge in [-0.3, -0.25) is 4.99 Å². The second-order valence-electron chi connectivity index (χ2n) is 6.21. The Hall–Kier alpha value is -2.89. The first-order valence-electron chi connectivity index (χ1n) is 9.40. The molecule has 1 aliphatic rings. The van der Waals surface area contributed by atoms with Gasteiger partial charge in [-0.15, -0.1) is 0 Å². The molecule has 2 aromatic carbocycles. The average molecular weight is 369 g/mol. The fourth-order valence-corrected chi connectivity index (χ4v) is 3.02. The molecule has 0 aromatic heterocycles. The van der Waals surface area contributed by atoms with Crippen molar-refractivity contribution in [2.75, 3.05) is 31.7 Å². The largest absolute Gasteiger partial charge is 0.494 e. The normalized spacial score (nSPS) is 13.0.